The van der Waals surface area contributed by atoms with Gasteiger partial charge in [0.15, 0.2) is 10.8 Å². The smallest absolute Gasteiger partial charge is 0.244 e. The van der Waals surface area contributed by atoms with E-state index >= 15 is 0 Å². The highest BCUT2D eigenvalue weighted by molar-refractivity contribution is 7.98. The molecule has 0 saturated carbocycles. The zero-order chi connectivity index (χ0) is 19.7. The number of hydrogen-bond acceptors (Lipinski definition) is 7. The van der Waals surface area contributed by atoms with Crippen LogP contribution in [0.15, 0.2) is 52.6 Å². The molecule has 3 heterocycles. The Hall–Kier alpha value is -2.01. The maximum atomic E-state index is 12.8. The quantitative estimate of drug-likeness (QED) is 0.414. The molecule has 3 aromatic heterocycles. The Bertz CT molecular complexity index is 1200. The van der Waals surface area contributed by atoms with Crippen molar-refractivity contribution in [2.45, 2.75) is 29.7 Å². The lowest BCUT2D eigenvalue weighted by molar-refractivity contribution is 0.445. The third-order valence-electron chi connectivity index (χ3n) is 4.35. The van der Waals surface area contributed by atoms with Crippen LogP contribution in [0, 0.1) is 0 Å². The summed E-state index contributed by atoms with van der Waals surface area (Å²) in [6, 6.07) is 11.3. The number of para-hydroxylation sites is 1. The molecule has 7 nitrogen and oxygen atoms in total. The minimum absolute atomic E-state index is 0.241. The van der Waals surface area contributed by atoms with Gasteiger partial charge in [-0.15, -0.1) is 21.5 Å². The fourth-order valence-corrected chi connectivity index (χ4v) is 6.25. The van der Waals surface area contributed by atoms with Gasteiger partial charge in [-0.05, 0) is 24.3 Å². The van der Waals surface area contributed by atoms with Crippen LogP contribution in [0.3, 0.4) is 0 Å². The minimum atomic E-state index is -3.53. The average molecular weight is 434 g/mol. The van der Waals surface area contributed by atoms with Gasteiger partial charge in [0.2, 0.25) is 10.0 Å². The van der Waals surface area contributed by atoms with E-state index in [1.807, 2.05) is 32.0 Å². The van der Waals surface area contributed by atoms with Crippen molar-refractivity contribution < 1.29 is 8.42 Å². The van der Waals surface area contributed by atoms with E-state index < -0.39 is 10.0 Å². The van der Waals surface area contributed by atoms with E-state index in [9.17, 15) is 8.42 Å². The number of thiazole rings is 1. The third kappa shape index (κ3) is 3.52. The molecule has 0 saturated heterocycles. The number of pyridine rings is 1. The molecule has 4 rings (SSSR count). The van der Waals surface area contributed by atoms with Gasteiger partial charge in [-0.1, -0.05) is 37.7 Å². The normalized spacial score (nSPS) is 12.4. The summed E-state index contributed by atoms with van der Waals surface area (Å²) in [5.41, 5.74) is 1.60. The summed E-state index contributed by atoms with van der Waals surface area (Å²) in [5, 5.41) is 10.0. The van der Waals surface area contributed by atoms with Crippen LogP contribution in [0.4, 0.5) is 0 Å². The van der Waals surface area contributed by atoms with Gasteiger partial charge in [-0.2, -0.15) is 4.31 Å². The summed E-state index contributed by atoms with van der Waals surface area (Å²) in [7, 11) is -3.53. The summed E-state index contributed by atoms with van der Waals surface area (Å²) < 4.78 is 29.9. The van der Waals surface area contributed by atoms with Crippen LogP contribution in [0.5, 0.6) is 0 Å². The van der Waals surface area contributed by atoms with Crippen LogP contribution in [-0.2, 0) is 15.8 Å². The maximum Gasteiger partial charge on any atom is 0.244 e. The van der Waals surface area contributed by atoms with Gasteiger partial charge >= 0.3 is 0 Å². The number of rotatable bonds is 7. The second-order valence-corrected chi connectivity index (χ2v) is 10.0. The molecule has 0 unspecified atom stereocenters. The minimum Gasteiger partial charge on any atom is -0.276 e. The summed E-state index contributed by atoms with van der Waals surface area (Å²) in [6.45, 7) is 4.52. The zero-order valence-electron chi connectivity index (χ0n) is 15.4. The lowest BCUT2D eigenvalue weighted by Crippen LogP contribution is -2.30. The van der Waals surface area contributed by atoms with Crippen molar-refractivity contribution in [2.75, 3.05) is 13.1 Å². The first-order valence-electron chi connectivity index (χ1n) is 8.85. The summed E-state index contributed by atoms with van der Waals surface area (Å²) >= 11 is 3.14. The number of hydrogen-bond donors (Lipinski definition) is 0. The van der Waals surface area contributed by atoms with Gasteiger partial charge in [-0.25, -0.2) is 13.4 Å². The summed E-state index contributed by atoms with van der Waals surface area (Å²) in [5.74, 6) is 0.646. The Morgan fingerprint density at radius 2 is 1.89 bits per heavy atom. The number of fused-ring (bicyclic) bond motifs is 2. The van der Waals surface area contributed by atoms with Gasteiger partial charge in [-0.3, -0.25) is 4.40 Å². The third-order valence-corrected chi connectivity index (χ3v) is 8.56. The van der Waals surface area contributed by atoms with Crippen LogP contribution >= 0.6 is 23.1 Å². The number of aromatic nitrogens is 4. The molecule has 0 aliphatic rings. The molecule has 28 heavy (non-hydrogen) atoms. The van der Waals surface area contributed by atoms with E-state index in [2.05, 4.69) is 21.2 Å². The SMILES string of the molecule is CCN(CC)S(=O)(=O)c1ccc2nnc(SCc3nc4ccccc4s3)n2c1. The molecule has 0 bridgehead atoms. The predicted molar refractivity (Wildman–Crippen MR) is 112 cm³/mol. The fraction of sp³-hybridized carbons (Fsp3) is 0.278. The molecule has 0 spiro atoms. The first kappa shape index (κ1) is 19.3. The van der Waals surface area contributed by atoms with Crippen LogP contribution in [0.2, 0.25) is 0 Å². The van der Waals surface area contributed by atoms with Crippen molar-refractivity contribution in [3.05, 3.63) is 47.6 Å². The van der Waals surface area contributed by atoms with Gasteiger partial charge < -0.3 is 0 Å². The average Bonchev–Trinajstić information content (AvgIpc) is 3.30. The molecular weight excluding hydrogens is 414 g/mol. The molecule has 0 fully saturated rings. The molecule has 146 valence electrons. The lowest BCUT2D eigenvalue weighted by Gasteiger charge is -2.18. The van der Waals surface area contributed by atoms with Gasteiger partial charge in [0.1, 0.15) is 5.01 Å². The number of benzene rings is 1. The first-order chi connectivity index (χ1) is 13.5. The van der Waals surface area contributed by atoms with E-state index in [1.54, 1.807) is 34.1 Å². The van der Waals surface area contributed by atoms with E-state index in [1.165, 1.54) is 16.1 Å². The summed E-state index contributed by atoms with van der Waals surface area (Å²) in [6.07, 6.45) is 1.60. The molecule has 0 amide bonds. The molecule has 0 radical (unpaired) electrons. The molecule has 0 atom stereocenters. The number of nitrogens with zero attached hydrogens (tertiary/aromatic N) is 5. The van der Waals surface area contributed by atoms with Crippen molar-refractivity contribution in [3.8, 4) is 0 Å². The van der Waals surface area contributed by atoms with Crippen LogP contribution in [-0.4, -0.2) is 45.4 Å². The number of sulfonamides is 1. The fourth-order valence-electron chi connectivity index (χ4n) is 2.92. The number of thioether (sulfide) groups is 1. The Labute approximate surface area is 171 Å². The van der Waals surface area contributed by atoms with E-state index in [4.69, 9.17) is 0 Å². The van der Waals surface area contributed by atoms with Crippen molar-refractivity contribution in [2.24, 2.45) is 0 Å². The molecule has 4 aromatic rings. The Balaban J connectivity index is 1.62. The Morgan fingerprint density at radius 3 is 2.64 bits per heavy atom. The van der Waals surface area contributed by atoms with Gasteiger partial charge in [0.25, 0.3) is 0 Å². The maximum absolute atomic E-state index is 12.8. The molecule has 10 heteroatoms. The van der Waals surface area contributed by atoms with Gasteiger partial charge in [0, 0.05) is 19.3 Å². The second-order valence-electron chi connectivity index (χ2n) is 6.03. The summed E-state index contributed by atoms with van der Waals surface area (Å²) in [4.78, 5) is 4.87. The van der Waals surface area contributed by atoms with E-state index in [0.29, 0.717) is 29.6 Å². The van der Waals surface area contributed by atoms with E-state index in [0.717, 1.165) is 15.2 Å². The lowest BCUT2D eigenvalue weighted by atomic mass is 10.3. The standard InChI is InChI=1S/C18H19N5O2S3/c1-3-22(4-2)28(24,25)13-9-10-16-20-21-18(23(16)11-13)26-12-17-19-14-7-5-6-8-15(14)27-17/h5-11H,3-4,12H2,1-2H3. The molecule has 0 N–H and O–H groups in total. The second kappa shape index (κ2) is 7.78. The zero-order valence-corrected chi connectivity index (χ0v) is 17.9. The van der Waals surface area contributed by atoms with Crippen molar-refractivity contribution in [1.29, 1.82) is 0 Å². The largest absolute Gasteiger partial charge is 0.276 e. The van der Waals surface area contributed by atoms with Crippen LogP contribution in [0.25, 0.3) is 15.9 Å². The highest BCUT2D eigenvalue weighted by atomic mass is 32.2. The highest BCUT2D eigenvalue weighted by Crippen LogP contribution is 2.28. The highest BCUT2D eigenvalue weighted by Gasteiger charge is 2.22. The van der Waals surface area contributed by atoms with Gasteiger partial charge in [0.05, 0.1) is 20.9 Å². The first-order valence-corrected chi connectivity index (χ1v) is 12.1. The molecule has 1 aromatic carbocycles. The van der Waals surface area contributed by atoms with Crippen LogP contribution < -0.4 is 0 Å². The Morgan fingerprint density at radius 1 is 1.11 bits per heavy atom. The Kier molecular flexibility index (Phi) is 5.37. The topological polar surface area (TPSA) is 80.5 Å². The molecular formula is C18H19N5O2S3. The van der Waals surface area contributed by atoms with Crippen LogP contribution in [0.1, 0.15) is 18.9 Å². The van der Waals surface area contributed by atoms with E-state index in [-0.39, 0.29) is 4.90 Å². The van der Waals surface area contributed by atoms with Crippen molar-refractivity contribution >= 4 is 49.0 Å². The van der Waals surface area contributed by atoms with Crippen molar-refractivity contribution in [1.82, 2.24) is 23.9 Å². The molecule has 0 aliphatic heterocycles. The monoisotopic (exact) mass is 433 g/mol. The predicted octanol–water partition coefficient (Wildman–Crippen LogP) is 3.66. The molecule has 0 aliphatic carbocycles. The van der Waals surface area contributed by atoms with Crippen molar-refractivity contribution in [3.63, 3.8) is 0 Å².